The van der Waals surface area contributed by atoms with Crippen LogP contribution in [-0.4, -0.2) is 28.9 Å². The van der Waals surface area contributed by atoms with Crippen molar-refractivity contribution in [3.63, 3.8) is 0 Å². The van der Waals surface area contributed by atoms with Crippen molar-refractivity contribution in [3.05, 3.63) is 0 Å². The summed E-state index contributed by atoms with van der Waals surface area (Å²) in [7, 11) is 0. The van der Waals surface area contributed by atoms with Crippen molar-refractivity contribution in [2.24, 2.45) is 5.73 Å². The highest BCUT2D eigenvalue weighted by molar-refractivity contribution is 5.84. The van der Waals surface area contributed by atoms with Gasteiger partial charge in [0.2, 0.25) is 11.8 Å². The Labute approximate surface area is 113 Å². The minimum Gasteiger partial charge on any atom is -0.480 e. The van der Waals surface area contributed by atoms with E-state index in [-0.39, 0.29) is 18.7 Å². The van der Waals surface area contributed by atoms with E-state index < -0.39 is 17.9 Å². The molecule has 0 aromatic heterocycles. The molecular weight excluding hydrogens is 248 g/mol. The smallest absolute Gasteiger partial charge is 0.326 e. The summed E-state index contributed by atoms with van der Waals surface area (Å²) in [6, 6.07) is -1.03. The Morgan fingerprint density at radius 1 is 1.11 bits per heavy atom. The number of aliphatic carboxylic acids is 1. The van der Waals surface area contributed by atoms with Gasteiger partial charge in [0.25, 0.3) is 0 Å². The van der Waals surface area contributed by atoms with Gasteiger partial charge in [0.1, 0.15) is 6.04 Å². The standard InChI is InChI=1S/C13H24N2O4/c1-2-3-4-5-6-7-12(17)15-10(13(18)19)8-9-11(14)16/h10H,2-9H2,1H3,(H2,14,16)(H,15,17)(H,18,19)/t10-/m1/s1. The molecule has 1 atom stereocenters. The largest absolute Gasteiger partial charge is 0.480 e. The van der Waals surface area contributed by atoms with Crippen LogP contribution in [0.1, 0.15) is 58.3 Å². The molecule has 0 aromatic carbocycles. The molecule has 110 valence electrons. The van der Waals surface area contributed by atoms with E-state index in [9.17, 15) is 14.4 Å². The number of carbonyl (C=O) groups is 3. The highest BCUT2D eigenvalue weighted by Gasteiger charge is 2.19. The van der Waals surface area contributed by atoms with Gasteiger partial charge < -0.3 is 16.2 Å². The Bertz CT molecular complexity index is 305. The molecule has 0 spiro atoms. The monoisotopic (exact) mass is 272 g/mol. The maximum Gasteiger partial charge on any atom is 0.326 e. The number of hydrogen-bond acceptors (Lipinski definition) is 3. The molecule has 0 saturated carbocycles. The lowest BCUT2D eigenvalue weighted by Gasteiger charge is -2.13. The molecule has 4 N–H and O–H groups in total. The number of carbonyl (C=O) groups excluding carboxylic acids is 2. The lowest BCUT2D eigenvalue weighted by atomic mass is 10.1. The predicted octanol–water partition coefficient (Wildman–Crippen LogP) is 1.18. The van der Waals surface area contributed by atoms with Gasteiger partial charge >= 0.3 is 5.97 Å². The number of nitrogens with two attached hydrogens (primary N) is 1. The normalized spacial score (nSPS) is 11.8. The quantitative estimate of drug-likeness (QED) is 0.490. The lowest BCUT2D eigenvalue weighted by Crippen LogP contribution is -2.41. The molecule has 0 aliphatic carbocycles. The van der Waals surface area contributed by atoms with Gasteiger partial charge in [0.05, 0.1) is 0 Å². The molecule has 0 rings (SSSR count). The summed E-state index contributed by atoms with van der Waals surface area (Å²) in [4.78, 5) is 33.0. The Balaban J connectivity index is 3.90. The molecule has 0 heterocycles. The van der Waals surface area contributed by atoms with Crippen LogP contribution in [-0.2, 0) is 14.4 Å². The molecule has 0 bridgehead atoms. The topological polar surface area (TPSA) is 109 Å². The van der Waals surface area contributed by atoms with Crippen molar-refractivity contribution >= 4 is 17.8 Å². The van der Waals surface area contributed by atoms with Crippen molar-refractivity contribution in [2.75, 3.05) is 0 Å². The summed E-state index contributed by atoms with van der Waals surface area (Å²) in [6.45, 7) is 2.11. The van der Waals surface area contributed by atoms with Gasteiger partial charge in [-0.05, 0) is 12.8 Å². The molecule has 19 heavy (non-hydrogen) atoms. The Kier molecular flexibility index (Phi) is 9.48. The SMILES string of the molecule is CCCCCCCC(=O)N[C@H](CCC(N)=O)C(=O)O. The third kappa shape index (κ3) is 10.1. The highest BCUT2D eigenvalue weighted by atomic mass is 16.4. The average molecular weight is 272 g/mol. The third-order valence-corrected chi connectivity index (χ3v) is 2.82. The van der Waals surface area contributed by atoms with Gasteiger partial charge in [0, 0.05) is 12.8 Å². The number of nitrogens with one attached hydrogen (secondary N) is 1. The second kappa shape index (κ2) is 10.3. The van der Waals surface area contributed by atoms with E-state index in [0.29, 0.717) is 6.42 Å². The second-order valence-electron chi connectivity index (χ2n) is 4.63. The van der Waals surface area contributed by atoms with E-state index in [0.717, 1.165) is 32.1 Å². The summed E-state index contributed by atoms with van der Waals surface area (Å²) >= 11 is 0. The summed E-state index contributed by atoms with van der Waals surface area (Å²) < 4.78 is 0. The number of hydrogen-bond donors (Lipinski definition) is 3. The van der Waals surface area contributed by atoms with E-state index in [1.807, 2.05) is 0 Å². The van der Waals surface area contributed by atoms with Gasteiger partial charge in [-0.1, -0.05) is 32.6 Å². The third-order valence-electron chi connectivity index (χ3n) is 2.82. The van der Waals surface area contributed by atoms with Crippen LogP contribution < -0.4 is 11.1 Å². The van der Waals surface area contributed by atoms with Crippen LogP contribution >= 0.6 is 0 Å². The van der Waals surface area contributed by atoms with E-state index >= 15 is 0 Å². The lowest BCUT2D eigenvalue weighted by molar-refractivity contribution is -0.142. The zero-order chi connectivity index (χ0) is 14.7. The van der Waals surface area contributed by atoms with Crippen LogP contribution in [0.3, 0.4) is 0 Å². The van der Waals surface area contributed by atoms with E-state index in [1.54, 1.807) is 0 Å². The van der Waals surface area contributed by atoms with Gasteiger partial charge in [-0.2, -0.15) is 0 Å². The molecule has 6 nitrogen and oxygen atoms in total. The molecule has 0 aliphatic heterocycles. The van der Waals surface area contributed by atoms with E-state index in [2.05, 4.69) is 12.2 Å². The molecule has 0 aromatic rings. The van der Waals surface area contributed by atoms with Crippen molar-refractivity contribution in [3.8, 4) is 0 Å². The molecule has 2 amide bonds. The molecule has 0 fully saturated rings. The predicted molar refractivity (Wildman–Crippen MR) is 71.4 cm³/mol. The first-order valence-corrected chi connectivity index (χ1v) is 6.77. The summed E-state index contributed by atoms with van der Waals surface area (Å²) in [5.74, 6) is -1.99. The first kappa shape index (κ1) is 17.4. The van der Waals surface area contributed by atoms with Crippen molar-refractivity contribution in [2.45, 2.75) is 64.3 Å². The summed E-state index contributed by atoms with van der Waals surface area (Å²) in [6.07, 6.45) is 5.42. The Morgan fingerprint density at radius 2 is 1.74 bits per heavy atom. The second-order valence-corrected chi connectivity index (χ2v) is 4.63. The maximum atomic E-state index is 11.5. The number of amides is 2. The molecule has 6 heteroatoms. The van der Waals surface area contributed by atoms with Crippen LogP contribution in [0.2, 0.25) is 0 Å². The first-order valence-electron chi connectivity index (χ1n) is 6.77. The number of unbranched alkanes of at least 4 members (excludes halogenated alkanes) is 4. The number of rotatable bonds is 11. The van der Waals surface area contributed by atoms with Crippen molar-refractivity contribution < 1.29 is 19.5 Å². The molecule has 0 aliphatic rings. The average Bonchev–Trinajstić information content (AvgIpc) is 2.33. The molecular formula is C13H24N2O4. The van der Waals surface area contributed by atoms with Crippen LogP contribution in [0.15, 0.2) is 0 Å². The fourth-order valence-electron chi connectivity index (χ4n) is 1.70. The summed E-state index contributed by atoms with van der Waals surface area (Å²) in [5.41, 5.74) is 4.95. The van der Waals surface area contributed by atoms with Crippen molar-refractivity contribution in [1.82, 2.24) is 5.32 Å². The van der Waals surface area contributed by atoms with Gasteiger partial charge in [-0.15, -0.1) is 0 Å². The number of carboxylic acid groups (broad SMARTS) is 1. The van der Waals surface area contributed by atoms with Crippen LogP contribution in [0.4, 0.5) is 0 Å². The number of primary amides is 1. The molecule has 0 radical (unpaired) electrons. The van der Waals surface area contributed by atoms with Crippen LogP contribution in [0.5, 0.6) is 0 Å². The van der Waals surface area contributed by atoms with Crippen LogP contribution in [0, 0.1) is 0 Å². The summed E-state index contributed by atoms with van der Waals surface area (Å²) in [5, 5.41) is 11.3. The zero-order valence-electron chi connectivity index (χ0n) is 11.5. The fraction of sp³-hybridized carbons (Fsp3) is 0.769. The van der Waals surface area contributed by atoms with Gasteiger partial charge in [-0.3, -0.25) is 9.59 Å². The highest BCUT2D eigenvalue weighted by Crippen LogP contribution is 2.05. The molecule has 0 unspecified atom stereocenters. The number of carboxylic acids is 1. The minimum atomic E-state index is -1.14. The van der Waals surface area contributed by atoms with Gasteiger partial charge in [-0.25, -0.2) is 4.79 Å². The van der Waals surface area contributed by atoms with E-state index in [4.69, 9.17) is 10.8 Å². The van der Waals surface area contributed by atoms with Gasteiger partial charge in [0.15, 0.2) is 0 Å². The minimum absolute atomic E-state index is 0.0340. The fourth-order valence-corrected chi connectivity index (χ4v) is 1.70. The Hall–Kier alpha value is -1.59. The maximum absolute atomic E-state index is 11.5. The Morgan fingerprint density at radius 3 is 2.26 bits per heavy atom. The zero-order valence-corrected chi connectivity index (χ0v) is 11.5. The molecule has 0 saturated heterocycles. The van der Waals surface area contributed by atoms with Crippen molar-refractivity contribution in [1.29, 1.82) is 0 Å². The van der Waals surface area contributed by atoms with Crippen LogP contribution in [0.25, 0.3) is 0 Å². The first-order chi connectivity index (χ1) is 8.97. The van der Waals surface area contributed by atoms with E-state index in [1.165, 1.54) is 0 Å².